The van der Waals surface area contributed by atoms with Crippen molar-refractivity contribution in [1.29, 1.82) is 0 Å². The van der Waals surface area contributed by atoms with Crippen LogP contribution in [-0.4, -0.2) is 69.6 Å². The number of ether oxygens (including phenoxy) is 1. The molecule has 1 saturated carbocycles. The van der Waals surface area contributed by atoms with E-state index in [4.69, 9.17) is 25.6 Å². The Morgan fingerprint density at radius 2 is 1.68 bits per heavy atom. The Morgan fingerprint density at radius 1 is 1.02 bits per heavy atom. The lowest BCUT2D eigenvalue weighted by Crippen LogP contribution is -2.48. The second-order valence-electron chi connectivity index (χ2n) is 15.2. The van der Waals surface area contributed by atoms with Crippen LogP contribution in [0.4, 0.5) is 10.5 Å². The zero-order chi connectivity index (χ0) is 36.3. The first-order valence-corrected chi connectivity index (χ1v) is 17.6. The summed E-state index contributed by atoms with van der Waals surface area (Å²) < 4.78 is 17.9. The van der Waals surface area contributed by atoms with Gasteiger partial charge in [0.15, 0.2) is 5.82 Å². The van der Waals surface area contributed by atoms with Gasteiger partial charge in [0.1, 0.15) is 11.6 Å². The number of H-pyrrole nitrogens is 1. The summed E-state index contributed by atoms with van der Waals surface area (Å²) in [7, 11) is -0.556. The van der Waals surface area contributed by atoms with Crippen molar-refractivity contribution in [3.63, 3.8) is 0 Å². The van der Waals surface area contributed by atoms with E-state index < -0.39 is 36.1 Å². The SMILES string of the molecule is CC(C)(C)OC(=O)NCC1CCC(C(=O)N[C@@H](Cc2cccc(B3OC(C)(C)C(C)(C)O3)c2)C(=O)Nc2ccc(-c3n[nH]c(Cl)n3)cc2)CC1. The van der Waals surface area contributed by atoms with Gasteiger partial charge in [-0.25, -0.2) is 9.89 Å². The van der Waals surface area contributed by atoms with Gasteiger partial charge in [-0.3, -0.25) is 9.59 Å². The zero-order valence-corrected chi connectivity index (χ0v) is 30.6. The average Bonchev–Trinajstić information content (AvgIpc) is 3.57. The van der Waals surface area contributed by atoms with Gasteiger partial charge in [0.2, 0.25) is 17.1 Å². The van der Waals surface area contributed by atoms with Crippen molar-refractivity contribution in [3.8, 4) is 11.4 Å². The molecule has 2 fully saturated rings. The molecule has 1 atom stereocenters. The number of nitrogens with one attached hydrogen (secondary N) is 4. The maximum absolute atomic E-state index is 13.8. The van der Waals surface area contributed by atoms with Crippen LogP contribution in [0.5, 0.6) is 0 Å². The number of carbonyl (C=O) groups excluding carboxylic acids is 3. The van der Waals surface area contributed by atoms with E-state index in [-0.39, 0.29) is 35.4 Å². The van der Waals surface area contributed by atoms with Crippen molar-refractivity contribution in [1.82, 2.24) is 25.8 Å². The maximum Gasteiger partial charge on any atom is 0.494 e. The quantitative estimate of drug-likeness (QED) is 0.204. The molecule has 4 N–H and O–H groups in total. The Balaban J connectivity index is 1.26. The van der Waals surface area contributed by atoms with Crippen LogP contribution in [0.3, 0.4) is 0 Å². The molecule has 1 saturated heterocycles. The number of anilines is 1. The van der Waals surface area contributed by atoms with Crippen LogP contribution >= 0.6 is 11.6 Å². The van der Waals surface area contributed by atoms with E-state index >= 15 is 0 Å². The van der Waals surface area contributed by atoms with Crippen molar-refractivity contribution in [3.05, 3.63) is 59.4 Å². The molecule has 0 spiro atoms. The van der Waals surface area contributed by atoms with Gasteiger partial charge in [0, 0.05) is 30.1 Å². The van der Waals surface area contributed by atoms with Gasteiger partial charge < -0.3 is 30.0 Å². The smallest absolute Gasteiger partial charge is 0.444 e. The summed E-state index contributed by atoms with van der Waals surface area (Å²) in [4.78, 5) is 43.7. The van der Waals surface area contributed by atoms with Gasteiger partial charge in [-0.15, -0.1) is 0 Å². The molecule has 3 amide bonds. The molecule has 0 radical (unpaired) electrons. The molecule has 2 aliphatic rings. The van der Waals surface area contributed by atoms with Crippen LogP contribution in [0.15, 0.2) is 48.5 Å². The Hall–Kier alpha value is -3.94. The van der Waals surface area contributed by atoms with Gasteiger partial charge in [-0.05, 0) is 127 Å². The Morgan fingerprint density at radius 3 is 2.28 bits per heavy atom. The monoisotopic (exact) mass is 706 g/mol. The molecule has 1 aromatic heterocycles. The molecule has 0 unspecified atom stereocenters. The van der Waals surface area contributed by atoms with Gasteiger partial charge in [-0.1, -0.05) is 24.3 Å². The molecule has 5 rings (SSSR count). The fraction of sp³-hybridized carbons (Fsp3) is 0.528. The Kier molecular flexibility index (Phi) is 11.3. The molecule has 3 aromatic rings. The lowest BCUT2D eigenvalue weighted by molar-refractivity contribution is -0.130. The van der Waals surface area contributed by atoms with Gasteiger partial charge >= 0.3 is 13.2 Å². The fourth-order valence-corrected chi connectivity index (χ4v) is 6.18. The van der Waals surface area contributed by atoms with Gasteiger partial charge in [0.05, 0.1) is 11.2 Å². The summed E-state index contributed by atoms with van der Waals surface area (Å²) in [6.07, 6.45) is 2.70. The number of nitrogens with zero attached hydrogens (tertiary/aromatic N) is 2. The standard InChI is InChI=1S/C36H48BClN6O6/c1-34(2,3)48-33(47)39-21-22-11-13-25(14-12-22)30(45)41-28(31(46)40-27-17-15-24(16-18-27)29-42-32(38)44-43-29)20-23-9-8-10-26(19-23)37-49-35(4,5)36(6,7)50-37/h8-10,15-19,22,25,28H,11-14,20-21H2,1-7H3,(H,39,47)(H,40,46)(H,41,45)(H,42,43,44)/t22?,25?,28-/m0/s1. The minimum atomic E-state index is -0.853. The van der Waals surface area contributed by atoms with Gasteiger partial charge in [-0.2, -0.15) is 10.1 Å². The fourth-order valence-electron chi connectivity index (χ4n) is 6.05. The van der Waals surface area contributed by atoms with Crippen molar-refractivity contribution in [2.45, 2.75) is 103 Å². The Bertz CT molecular complexity index is 1650. The average molecular weight is 707 g/mol. The highest BCUT2D eigenvalue weighted by Gasteiger charge is 2.51. The van der Waals surface area contributed by atoms with Crippen LogP contribution in [0.1, 0.15) is 79.7 Å². The minimum Gasteiger partial charge on any atom is -0.444 e. The highest BCUT2D eigenvalue weighted by atomic mass is 35.5. The normalized spacial score (nSPS) is 20.5. The number of benzene rings is 2. The van der Waals surface area contributed by atoms with E-state index in [9.17, 15) is 14.4 Å². The van der Waals surface area contributed by atoms with Crippen molar-refractivity contribution < 1.29 is 28.4 Å². The Labute approximate surface area is 299 Å². The number of aromatic amines is 1. The number of carbonyl (C=O) groups is 3. The first kappa shape index (κ1) is 37.3. The van der Waals surface area contributed by atoms with E-state index in [0.717, 1.165) is 29.4 Å². The van der Waals surface area contributed by atoms with Gasteiger partial charge in [0.25, 0.3) is 0 Å². The summed E-state index contributed by atoms with van der Waals surface area (Å²) in [5.74, 6) is -0.0631. The molecule has 14 heteroatoms. The molecule has 12 nitrogen and oxygen atoms in total. The summed E-state index contributed by atoms with van der Waals surface area (Å²) in [5.41, 5.74) is 1.43. The molecule has 2 aromatic carbocycles. The molecular formula is C36H48BClN6O6. The number of hydrogen-bond acceptors (Lipinski definition) is 8. The first-order valence-electron chi connectivity index (χ1n) is 17.2. The maximum atomic E-state index is 13.8. The van der Waals surface area contributed by atoms with Crippen molar-refractivity contribution in [2.24, 2.45) is 11.8 Å². The molecule has 50 heavy (non-hydrogen) atoms. The number of halogens is 1. The second-order valence-corrected chi connectivity index (χ2v) is 15.6. The number of hydrogen-bond donors (Lipinski definition) is 4. The molecule has 1 aliphatic heterocycles. The van der Waals surface area contributed by atoms with Crippen LogP contribution in [-0.2, 0) is 30.1 Å². The highest BCUT2D eigenvalue weighted by molar-refractivity contribution is 6.62. The lowest BCUT2D eigenvalue weighted by Gasteiger charge is -2.32. The third kappa shape index (κ3) is 9.64. The van der Waals surface area contributed by atoms with Crippen LogP contribution < -0.4 is 21.4 Å². The molecule has 0 bridgehead atoms. The van der Waals surface area contributed by atoms with E-state index in [0.29, 0.717) is 30.9 Å². The van der Waals surface area contributed by atoms with Crippen LogP contribution in [0.2, 0.25) is 5.28 Å². The largest absolute Gasteiger partial charge is 0.494 e. The second kappa shape index (κ2) is 15.1. The van der Waals surface area contributed by atoms with Crippen LogP contribution in [0.25, 0.3) is 11.4 Å². The van der Waals surface area contributed by atoms with E-state index in [2.05, 4.69) is 31.1 Å². The van der Waals surface area contributed by atoms with E-state index in [1.807, 2.05) is 72.7 Å². The predicted octanol–water partition coefficient (Wildman–Crippen LogP) is 5.42. The first-order chi connectivity index (χ1) is 23.5. The van der Waals surface area contributed by atoms with E-state index in [1.54, 1.807) is 24.3 Å². The summed E-state index contributed by atoms with van der Waals surface area (Å²) in [6, 6.07) is 14.0. The third-order valence-electron chi connectivity index (χ3n) is 9.57. The summed E-state index contributed by atoms with van der Waals surface area (Å²) in [5, 5.41) is 15.7. The highest BCUT2D eigenvalue weighted by Crippen LogP contribution is 2.36. The molecule has 2 heterocycles. The third-order valence-corrected chi connectivity index (χ3v) is 9.74. The number of amides is 3. The predicted molar refractivity (Wildman–Crippen MR) is 193 cm³/mol. The summed E-state index contributed by atoms with van der Waals surface area (Å²) >= 11 is 5.88. The molecule has 268 valence electrons. The minimum absolute atomic E-state index is 0.164. The summed E-state index contributed by atoms with van der Waals surface area (Å²) in [6.45, 7) is 14.0. The van der Waals surface area contributed by atoms with Crippen molar-refractivity contribution >= 4 is 47.8 Å². The number of rotatable bonds is 10. The zero-order valence-electron chi connectivity index (χ0n) is 29.9. The van der Waals surface area contributed by atoms with E-state index in [1.165, 1.54) is 0 Å². The number of aromatic nitrogens is 3. The van der Waals surface area contributed by atoms with Crippen molar-refractivity contribution in [2.75, 3.05) is 11.9 Å². The number of alkyl carbamates (subject to hydrolysis) is 1. The van der Waals surface area contributed by atoms with Crippen LogP contribution in [0, 0.1) is 11.8 Å². The molecule has 1 aliphatic carbocycles. The lowest BCUT2D eigenvalue weighted by atomic mass is 9.78. The topological polar surface area (TPSA) is 157 Å². The molecular weight excluding hydrogens is 659 g/mol.